The zero-order valence-corrected chi connectivity index (χ0v) is 15.8. The van der Waals surface area contributed by atoms with Crippen LogP contribution in [0.5, 0.6) is 0 Å². The normalized spacial score (nSPS) is 23.1. The van der Waals surface area contributed by atoms with E-state index in [0.717, 1.165) is 0 Å². The van der Waals surface area contributed by atoms with Crippen LogP contribution >= 0.6 is 0 Å². The third kappa shape index (κ3) is 3.77. The fourth-order valence-electron chi connectivity index (χ4n) is 3.87. The van der Waals surface area contributed by atoms with Crippen LogP contribution in [0.25, 0.3) is 5.65 Å². The van der Waals surface area contributed by atoms with Gasteiger partial charge >= 0.3 is 5.69 Å². The molecular formula is C17H23N5O4S. The van der Waals surface area contributed by atoms with E-state index in [0.29, 0.717) is 38.2 Å². The summed E-state index contributed by atoms with van der Waals surface area (Å²) in [4.78, 5) is 28.7. The molecule has 2 aliphatic rings. The topological polar surface area (TPSA) is 97.0 Å². The average Bonchev–Trinajstić information content (AvgIpc) is 3.19. The Morgan fingerprint density at radius 3 is 2.63 bits per heavy atom. The van der Waals surface area contributed by atoms with E-state index in [-0.39, 0.29) is 42.1 Å². The standard InChI is InChI=1S/C17H23N5O4S/c23-16(4-7-22-17(24)21-6-2-1-3-15(21)18-22)20-10-8-19(9-11-20)14-5-12-27(25,26)13-14/h1-3,6,14H,4-5,7-13H2. The van der Waals surface area contributed by atoms with Crippen LogP contribution in [-0.4, -0.2) is 82.0 Å². The second kappa shape index (κ2) is 7.08. The summed E-state index contributed by atoms with van der Waals surface area (Å²) in [6.45, 7) is 2.83. The lowest BCUT2D eigenvalue weighted by Crippen LogP contribution is -2.52. The number of rotatable bonds is 4. The summed E-state index contributed by atoms with van der Waals surface area (Å²) in [6, 6.07) is 5.42. The van der Waals surface area contributed by atoms with Crippen molar-refractivity contribution in [1.29, 1.82) is 0 Å². The predicted octanol–water partition coefficient (Wildman–Crippen LogP) is -0.783. The van der Waals surface area contributed by atoms with Crippen LogP contribution in [0.1, 0.15) is 12.8 Å². The molecule has 4 heterocycles. The predicted molar refractivity (Wildman–Crippen MR) is 99.3 cm³/mol. The van der Waals surface area contributed by atoms with Crippen molar-refractivity contribution in [3.8, 4) is 0 Å². The van der Waals surface area contributed by atoms with Crippen molar-refractivity contribution in [2.24, 2.45) is 0 Å². The van der Waals surface area contributed by atoms with Gasteiger partial charge in [-0.15, -0.1) is 5.10 Å². The Morgan fingerprint density at radius 1 is 1.19 bits per heavy atom. The third-order valence-electron chi connectivity index (χ3n) is 5.42. The first-order chi connectivity index (χ1) is 12.9. The number of sulfone groups is 1. The molecule has 1 amide bonds. The molecule has 2 fully saturated rings. The number of amides is 1. The van der Waals surface area contributed by atoms with Crippen LogP contribution in [-0.2, 0) is 21.2 Å². The van der Waals surface area contributed by atoms with E-state index >= 15 is 0 Å². The summed E-state index contributed by atoms with van der Waals surface area (Å²) >= 11 is 0. The first kappa shape index (κ1) is 18.2. The Kier molecular flexibility index (Phi) is 4.77. The molecule has 0 radical (unpaired) electrons. The molecule has 2 saturated heterocycles. The monoisotopic (exact) mass is 393 g/mol. The van der Waals surface area contributed by atoms with Gasteiger partial charge in [-0.1, -0.05) is 6.07 Å². The number of pyridine rings is 1. The molecule has 10 heteroatoms. The first-order valence-electron chi connectivity index (χ1n) is 9.19. The lowest BCUT2D eigenvalue weighted by Gasteiger charge is -2.37. The number of aryl methyl sites for hydroxylation is 1. The Bertz CT molecular complexity index is 1000. The average molecular weight is 393 g/mol. The van der Waals surface area contributed by atoms with Crippen LogP contribution in [0.15, 0.2) is 29.2 Å². The highest BCUT2D eigenvalue weighted by molar-refractivity contribution is 7.91. The Morgan fingerprint density at radius 2 is 1.96 bits per heavy atom. The molecular weight excluding hydrogens is 370 g/mol. The van der Waals surface area contributed by atoms with Crippen LogP contribution in [0.4, 0.5) is 0 Å². The Hall–Kier alpha value is -2.20. The van der Waals surface area contributed by atoms with Crippen molar-refractivity contribution in [2.75, 3.05) is 37.7 Å². The maximum Gasteiger partial charge on any atom is 0.350 e. The third-order valence-corrected chi connectivity index (χ3v) is 7.17. The summed E-state index contributed by atoms with van der Waals surface area (Å²) in [7, 11) is -2.89. The molecule has 0 aliphatic carbocycles. The minimum atomic E-state index is -2.89. The molecule has 4 rings (SSSR count). The number of fused-ring (bicyclic) bond motifs is 1. The van der Waals surface area contributed by atoms with Crippen LogP contribution in [0.3, 0.4) is 0 Å². The number of nitrogens with zero attached hydrogens (tertiary/aromatic N) is 5. The molecule has 0 bridgehead atoms. The smallest absolute Gasteiger partial charge is 0.340 e. The summed E-state index contributed by atoms with van der Waals surface area (Å²) in [5.41, 5.74) is 0.320. The molecule has 2 aromatic rings. The Labute approximate surface area is 157 Å². The van der Waals surface area contributed by atoms with Gasteiger partial charge in [-0.05, 0) is 18.6 Å². The van der Waals surface area contributed by atoms with E-state index in [1.165, 1.54) is 9.08 Å². The van der Waals surface area contributed by atoms with Gasteiger partial charge in [0.15, 0.2) is 15.5 Å². The fourth-order valence-corrected chi connectivity index (χ4v) is 5.63. The van der Waals surface area contributed by atoms with E-state index in [9.17, 15) is 18.0 Å². The second-order valence-electron chi connectivity index (χ2n) is 7.16. The molecule has 0 N–H and O–H groups in total. The van der Waals surface area contributed by atoms with Crippen LogP contribution < -0.4 is 5.69 Å². The van der Waals surface area contributed by atoms with Crippen molar-refractivity contribution >= 4 is 21.4 Å². The number of carbonyl (C=O) groups is 1. The van der Waals surface area contributed by atoms with Crippen LogP contribution in [0, 0.1) is 0 Å². The fraction of sp³-hybridized carbons (Fsp3) is 0.588. The van der Waals surface area contributed by atoms with Gasteiger partial charge in [0.2, 0.25) is 5.91 Å². The highest BCUT2D eigenvalue weighted by atomic mass is 32.2. The molecule has 1 atom stereocenters. The van der Waals surface area contributed by atoms with E-state index < -0.39 is 9.84 Å². The van der Waals surface area contributed by atoms with Crippen molar-refractivity contribution in [1.82, 2.24) is 24.0 Å². The lowest BCUT2D eigenvalue weighted by atomic mass is 10.2. The zero-order valence-electron chi connectivity index (χ0n) is 15.0. The van der Waals surface area contributed by atoms with Gasteiger partial charge in [0.25, 0.3) is 0 Å². The maximum absolute atomic E-state index is 12.5. The van der Waals surface area contributed by atoms with E-state index in [1.54, 1.807) is 23.2 Å². The Balaban J connectivity index is 1.31. The summed E-state index contributed by atoms with van der Waals surface area (Å²) in [5.74, 6) is 0.500. The molecule has 2 aliphatic heterocycles. The second-order valence-corrected chi connectivity index (χ2v) is 9.39. The molecule has 9 nitrogen and oxygen atoms in total. The van der Waals surface area contributed by atoms with Crippen molar-refractivity contribution in [2.45, 2.75) is 25.4 Å². The SMILES string of the molecule is O=C(CCn1nc2ccccn2c1=O)N1CCN(C2CCS(=O)(=O)C2)CC1. The lowest BCUT2D eigenvalue weighted by molar-refractivity contribution is -0.133. The van der Waals surface area contributed by atoms with Crippen molar-refractivity contribution in [3.05, 3.63) is 34.9 Å². The number of aromatic nitrogens is 3. The van der Waals surface area contributed by atoms with Gasteiger partial charge < -0.3 is 4.90 Å². The molecule has 146 valence electrons. The van der Waals surface area contributed by atoms with Crippen LogP contribution in [0.2, 0.25) is 0 Å². The highest BCUT2D eigenvalue weighted by Crippen LogP contribution is 2.19. The summed E-state index contributed by atoms with van der Waals surface area (Å²) < 4.78 is 26.1. The highest BCUT2D eigenvalue weighted by Gasteiger charge is 2.34. The number of piperazine rings is 1. The largest absolute Gasteiger partial charge is 0.350 e. The molecule has 0 spiro atoms. The van der Waals surface area contributed by atoms with Gasteiger partial charge in [0.05, 0.1) is 18.1 Å². The van der Waals surface area contributed by atoms with E-state index in [4.69, 9.17) is 0 Å². The maximum atomic E-state index is 12.5. The molecule has 1 unspecified atom stereocenters. The molecule has 27 heavy (non-hydrogen) atoms. The number of carbonyl (C=O) groups excluding carboxylic acids is 1. The summed E-state index contributed by atoms with van der Waals surface area (Å²) in [5, 5.41) is 4.24. The van der Waals surface area contributed by atoms with Gasteiger partial charge in [-0.2, -0.15) is 0 Å². The van der Waals surface area contributed by atoms with E-state index in [1.807, 2.05) is 6.07 Å². The molecule has 0 saturated carbocycles. The van der Waals surface area contributed by atoms with Gasteiger partial charge in [-0.3, -0.25) is 14.1 Å². The van der Waals surface area contributed by atoms with Crippen molar-refractivity contribution < 1.29 is 13.2 Å². The molecule has 0 aromatic carbocycles. The van der Waals surface area contributed by atoms with Gasteiger partial charge in [0.1, 0.15) is 0 Å². The minimum absolute atomic E-state index is 0.00218. The minimum Gasteiger partial charge on any atom is -0.340 e. The molecule has 2 aromatic heterocycles. The number of hydrogen-bond donors (Lipinski definition) is 0. The van der Waals surface area contributed by atoms with E-state index in [2.05, 4.69) is 10.00 Å². The zero-order chi connectivity index (χ0) is 19.0. The van der Waals surface area contributed by atoms with Gasteiger partial charge in [0, 0.05) is 44.8 Å². The number of hydrogen-bond acceptors (Lipinski definition) is 6. The quantitative estimate of drug-likeness (QED) is 0.676. The van der Waals surface area contributed by atoms with Gasteiger partial charge in [-0.25, -0.2) is 17.9 Å². The van der Waals surface area contributed by atoms with Crippen molar-refractivity contribution in [3.63, 3.8) is 0 Å². The summed E-state index contributed by atoms with van der Waals surface area (Å²) in [6.07, 6.45) is 2.57. The first-order valence-corrected chi connectivity index (χ1v) is 11.0.